The van der Waals surface area contributed by atoms with E-state index in [9.17, 15) is 40.5 Å². The van der Waals surface area contributed by atoms with Gasteiger partial charge in [0.25, 0.3) is 0 Å². The minimum absolute atomic E-state index is 0.0520. The average molecular weight is 448 g/mol. The number of ether oxygens (including phenoxy) is 3. The second kappa shape index (κ2) is 8.30. The lowest BCUT2D eigenvalue weighted by molar-refractivity contribution is -0.277. The number of hydrogen-bond acceptors (Lipinski definition) is 11. The molecular formula is C21H20O11. The lowest BCUT2D eigenvalue weighted by Gasteiger charge is -2.39. The third kappa shape index (κ3) is 3.83. The van der Waals surface area contributed by atoms with E-state index in [2.05, 4.69) is 0 Å². The van der Waals surface area contributed by atoms with Crippen LogP contribution in [-0.4, -0.2) is 78.8 Å². The van der Waals surface area contributed by atoms with E-state index < -0.39 is 48.8 Å². The van der Waals surface area contributed by atoms with Crippen LogP contribution in [-0.2, 0) is 4.74 Å². The van der Waals surface area contributed by atoms with Gasteiger partial charge in [0.1, 0.15) is 47.2 Å². The van der Waals surface area contributed by atoms with Gasteiger partial charge in [-0.25, -0.2) is 0 Å². The van der Waals surface area contributed by atoms with E-state index in [0.29, 0.717) is 5.56 Å². The first kappa shape index (κ1) is 21.9. The summed E-state index contributed by atoms with van der Waals surface area (Å²) in [7, 11) is 0. The summed E-state index contributed by atoms with van der Waals surface area (Å²) in [5.41, 5.74) is 0.217. The lowest BCUT2D eigenvalue weighted by atomic mass is 9.99. The Kier molecular flexibility index (Phi) is 5.67. The fraction of sp³-hybridized carbons (Fsp3) is 0.286. The molecule has 32 heavy (non-hydrogen) atoms. The van der Waals surface area contributed by atoms with E-state index in [-0.39, 0.29) is 34.3 Å². The highest BCUT2D eigenvalue weighted by atomic mass is 16.7. The molecule has 0 amide bonds. The first-order valence-electron chi connectivity index (χ1n) is 9.50. The standard InChI is InChI=1S/C21H20O11/c22-7-15-18(27)19(28)20(29)21(32-15)30-9-5-12(25)16-13(6-9)31-14(17(16)26)4-8-1-2-10(23)11(24)3-8/h1-6,15,18-25,27-29H,7H2/b14-4-/t15-,18-,19+,20-,21-/m1/s1. The number of ketones is 1. The Bertz CT molecular complexity index is 1080. The molecule has 0 radical (unpaired) electrons. The third-order valence-corrected chi connectivity index (χ3v) is 5.12. The van der Waals surface area contributed by atoms with E-state index in [1.165, 1.54) is 30.3 Å². The predicted octanol–water partition coefficient (Wildman–Crippen LogP) is -0.402. The van der Waals surface area contributed by atoms with Gasteiger partial charge < -0.3 is 50.0 Å². The third-order valence-electron chi connectivity index (χ3n) is 5.12. The lowest BCUT2D eigenvalue weighted by Crippen LogP contribution is -2.60. The summed E-state index contributed by atoms with van der Waals surface area (Å²) in [6.45, 7) is -0.640. The SMILES string of the molecule is O=C1/C(=C/c2ccc(O)c(O)c2)Oc2cc(O[C@@H]3O[C@H](CO)[C@@H](O)[C@H](O)[C@H]3O)cc(O)c21. The topological polar surface area (TPSA) is 186 Å². The summed E-state index contributed by atoms with van der Waals surface area (Å²) in [5.74, 6) is -2.13. The molecule has 170 valence electrons. The van der Waals surface area contributed by atoms with Gasteiger partial charge in [-0.2, -0.15) is 0 Å². The molecule has 2 aliphatic heterocycles. The quantitative estimate of drug-likeness (QED) is 0.238. The molecule has 0 aliphatic carbocycles. The molecule has 2 aliphatic rings. The number of aliphatic hydroxyl groups is 4. The number of aromatic hydroxyl groups is 3. The van der Waals surface area contributed by atoms with Crippen LogP contribution >= 0.6 is 0 Å². The normalized spacial score (nSPS) is 28.4. The maximum absolute atomic E-state index is 12.6. The van der Waals surface area contributed by atoms with Gasteiger partial charge >= 0.3 is 0 Å². The van der Waals surface area contributed by atoms with Crippen molar-refractivity contribution in [2.75, 3.05) is 6.61 Å². The molecule has 2 aromatic carbocycles. The maximum Gasteiger partial charge on any atom is 0.235 e. The second-order valence-corrected chi connectivity index (χ2v) is 7.32. The smallest absolute Gasteiger partial charge is 0.235 e. The van der Waals surface area contributed by atoms with Crippen LogP contribution < -0.4 is 9.47 Å². The van der Waals surface area contributed by atoms with Gasteiger partial charge in [0.15, 0.2) is 17.3 Å². The van der Waals surface area contributed by atoms with Gasteiger partial charge in [0.2, 0.25) is 12.1 Å². The number of carbonyl (C=O) groups is 1. The zero-order valence-electron chi connectivity index (χ0n) is 16.3. The van der Waals surface area contributed by atoms with Gasteiger partial charge in [-0.1, -0.05) is 6.07 Å². The minimum Gasteiger partial charge on any atom is -0.507 e. The zero-order valence-corrected chi connectivity index (χ0v) is 16.3. The molecule has 0 aromatic heterocycles. The van der Waals surface area contributed by atoms with Crippen LogP contribution in [0.25, 0.3) is 6.08 Å². The Morgan fingerprint density at radius 2 is 1.69 bits per heavy atom. The average Bonchev–Trinajstić information content (AvgIpc) is 3.06. The van der Waals surface area contributed by atoms with Crippen molar-refractivity contribution in [3.8, 4) is 28.7 Å². The molecule has 11 nitrogen and oxygen atoms in total. The molecule has 0 bridgehead atoms. The zero-order chi connectivity index (χ0) is 23.2. The molecule has 2 aromatic rings. The Morgan fingerprint density at radius 3 is 2.38 bits per heavy atom. The van der Waals surface area contributed by atoms with Crippen LogP contribution in [0.2, 0.25) is 0 Å². The maximum atomic E-state index is 12.6. The van der Waals surface area contributed by atoms with E-state index >= 15 is 0 Å². The summed E-state index contributed by atoms with van der Waals surface area (Å²) in [6, 6.07) is 6.23. The molecule has 11 heteroatoms. The van der Waals surface area contributed by atoms with Crippen molar-refractivity contribution in [1.29, 1.82) is 0 Å². The first-order valence-corrected chi connectivity index (χ1v) is 9.50. The van der Waals surface area contributed by atoms with Crippen LogP contribution in [0.3, 0.4) is 0 Å². The number of phenols is 3. The monoisotopic (exact) mass is 448 g/mol. The van der Waals surface area contributed by atoms with Crippen molar-refractivity contribution in [3.05, 3.63) is 47.2 Å². The molecule has 1 saturated heterocycles. The van der Waals surface area contributed by atoms with E-state index in [1.54, 1.807) is 0 Å². The number of phenolic OH excluding ortho intramolecular Hbond substituents is 3. The van der Waals surface area contributed by atoms with Gasteiger partial charge in [0.05, 0.1) is 6.61 Å². The van der Waals surface area contributed by atoms with Gasteiger partial charge in [0, 0.05) is 12.1 Å². The molecule has 2 heterocycles. The highest BCUT2D eigenvalue weighted by Gasteiger charge is 2.45. The fourth-order valence-electron chi connectivity index (χ4n) is 3.42. The Hall–Kier alpha value is -3.35. The van der Waals surface area contributed by atoms with Crippen molar-refractivity contribution in [2.45, 2.75) is 30.7 Å². The van der Waals surface area contributed by atoms with Crippen LogP contribution in [0.5, 0.6) is 28.7 Å². The van der Waals surface area contributed by atoms with Crippen LogP contribution in [0, 0.1) is 0 Å². The number of carbonyl (C=O) groups excluding carboxylic acids is 1. The summed E-state index contributed by atoms with van der Waals surface area (Å²) in [4.78, 5) is 12.6. The summed E-state index contributed by atoms with van der Waals surface area (Å²) >= 11 is 0. The number of fused-ring (bicyclic) bond motifs is 1. The van der Waals surface area contributed by atoms with Crippen molar-refractivity contribution in [1.82, 2.24) is 0 Å². The fourth-order valence-corrected chi connectivity index (χ4v) is 3.42. The van der Waals surface area contributed by atoms with Crippen LogP contribution in [0.1, 0.15) is 15.9 Å². The summed E-state index contributed by atoms with van der Waals surface area (Å²) < 4.78 is 16.2. The predicted molar refractivity (Wildman–Crippen MR) is 105 cm³/mol. The Labute approximate surface area is 180 Å². The molecule has 0 unspecified atom stereocenters. The molecule has 5 atom stereocenters. The van der Waals surface area contributed by atoms with Crippen LogP contribution in [0.4, 0.5) is 0 Å². The van der Waals surface area contributed by atoms with Crippen molar-refractivity contribution < 1.29 is 54.8 Å². The number of rotatable bonds is 4. The molecule has 0 saturated carbocycles. The van der Waals surface area contributed by atoms with Gasteiger partial charge in [-0.15, -0.1) is 0 Å². The summed E-state index contributed by atoms with van der Waals surface area (Å²) in [5, 5.41) is 68.4. The second-order valence-electron chi connectivity index (χ2n) is 7.32. The minimum atomic E-state index is -1.66. The highest BCUT2D eigenvalue weighted by Crippen LogP contribution is 2.42. The largest absolute Gasteiger partial charge is 0.507 e. The van der Waals surface area contributed by atoms with Gasteiger partial charge in [-0.3, -0.25) is 4.79 Å². The molecule has 1 fully saturated rings. The molecule has 0 spiro atoms. The number of Topliss-reactive ketones (excluding diaryl/α,β-unsaturated/α-hetero) is 1. The van der Waals surface area contributed by atoms with E-state index in [1.807, 2.05) is 0 Å². The van der Waals surface area contributed by atoms with Crippen LogP contribution in [0.15, 0.2) is 36.1 Å². The van der Waals surface area contributed by atoms with E-state index in [4.69, 9.17) is 14.2 Å². The molecular weight excluding hydrogens is 428 g/mol. The Balaban J connectivity index is 1.58. The number of aliphatic hydroxyl groups excluding tert-OH is 4. The number of hydrogen-bond donors (Lipinski definition) is 7. The van der Waals surface area contributed by atoms with E-state index in [0.717, 1.165) is 6.07 Å². The Morgan fingerprint density at radius 1 is 0.938 bits per heavy atom. The molecule has 7 N–H and O–H groups in total. The first-order chi connectivity index (χ1) is 15.2. The highest BCUT2D eigenvalue weighted by molar-refractivity contribution is 6.16. The molecule has 4 rings (SSSR count). The van der Waals surface area contributed by atoms with Crippen molar-refractivity contribution in [2.24, 2.45) is 0 Å². The van der Waals surface area contributed by atoms with Crippen molar-refractivity contribution >= 4 is 11.9 Å². The summed E-state index contributed by atoms with van der Waals surface area (Å²) in [6.07, 6.45) is -6.24. The number of allylic oxidation sites excluding steroid dienone is 1. The number of benzene rings is 2. The van der Waals surface area contributed by atoms with Crippen molar-refractivity contribution in [3.63, 3.8) is 0 Å². The van der Waals surface area contributed by atoms with Gasteiger partial charge in [-0.05, 0) is 23.8 Å².